The van der Waals surface area contributed by atoms with Gasteiger partial charge in [0.2, 0.25) is 21.8 Å². The molecule has 2 aliphatic carbocycles. The van der Waals surface area contributed by atoms with Crippen LogP contribution in [-0.2, 0) is 24.4 Å². The van der Waals surface area contributed by atoms with Gasteiger partial charge in [-0.2, -0.15) is 4.98 Å². The van der Waals surface area contributed by atoms with E-state index in [4.69, 9.17) is 9.15 Å². The number of benzene rings is 1. The van der Waals surface area contributed by atoms with Crippen LogP contribution in [0.4, 0.5) is 0 Å². The molecule has 2 saturated carbocycles. The van der Waals surface area contributed by atoms with Crippen LogP contribution in [0, 0.1) is 24.2 Å². The van der Waals surface area contributed by atoms with E-state index in [9.17, 15) is 22.8 Å². The highest BCUT2D eigenvalue weighted by atomic mass is 32.2. The summed E-state index contributed by atoms with van der Waals surface area (Å²) in [6.45, 7) is 4.03. The van der Waals surface area contributed by atoms with E-state index in [0.717, 1.165) is 37.7 Å². The van der Waals surface area contributed by atoms with Crippen LogP contribution < -0.4 is 9.46 Å². The maximum Gasteiger partial charge on any atom is 0.395 e. The van der Waals surface area contributed by atoms with Gasteiger partial charge in [-0.25, -0.2) is 8.42 Å². The van der Waals surface area contributed by atoms with Crippen LogP contribution in [0.1, 0.15) is 76.7 Å². The van der Waals surface area contributed by atoms with Crippen molar-refractivity contribution in [3.63, 3.8) is 0 Å². The fourth-order valence-electron chi connectivity index (χ4n) is 6.50. The Hall–Kier alpha value is -3.21. The average Bonchev–Trinajstić information content (AvgIpc) is 3.83. The number of nitrogens with zero attached hydrogens (tertiary/aromatic N) is 2. The van der Waals surface area contributed by atoms with Crippen molar-refractivity contribution >= 4 is 38.7 Å². The molecule has 2 aromatic rings. The third kappa shape index (κ3) is 5.72. The van der Waals surface area contributed by atoms with Crippen molar-refractivity contribution in [1.82, 2.24) is 14.6 Å². The zero-order chi connectivity index (χ0) is 29.6. The number of hydrogen-bond acceptors (Lipinski definition) is 8. The topological polar surface area (TPSA) is 136 Å². The molecule has 6 rings (SSSR count). The molecule has 3 fully saturated rings. The number of para-hydroxylation sites is 1. The third-order valence-electron chi connectivity index (χ3n) is 9.36. The Morgan fingerprint density at radius 3 is 2.74 bits per heavy atom. The van der Waals surface area contributed by atoms with E-state index >= 15 is 0 Å². The molecule has 0 radical (unpaired) electrons. The normalized spacial score (nSPS) is 31.5. The Morgan fingerprint density at radius 2 is 1.98 bits per heavy atom. The number of ketones is 1. The van der Waals surface area contributed by atoms with Crippen molar-refractivity contribution in [3.8, 4) is 6.08 Å². The van der Waals surface area contributed by atoms with E-state index < -0.39 is 38.7 Å². The van der Waals surface area contributed by atoms with Gasteiger partial charge < -0.3 is 14.1 Å². The van der Waals surface area contributed by atoms with Gasteiger partial charge in [0.15, 0.2) is 11.4 Å². The lowest BCUT2D eigenvalue weighted by Crippen LogP contribution is -2.46. The highest BCUT2D eigenvalue weighted by molar-refractivity contribution is 7.90. The second kappa shape index (κ2) is 11.1. The van der Waals surface area contributed by atoms with E-state index in [1.165, 1.54) is 0 Å². The minimum Gasteiger partial charge on any atom is -0.445 e. The van der Waals surface area contributed by atoms with Crippen molar-refractivity contribution < 1.29 is 32.0 Å². The predicted molar refractivity (Wildman–Crippen MR) is 155 cm³/mol. The van der Waals surface area contributed by atoms with Crippen LogP contribution in [-0.4, -0.2) is 59.8 Å². The molecule has 3 heterocycles. The first-order chi connectivity index (χ1) is 20.1. The molecular weight excluding hydrogens is 558 g/mol. The van der Waals surface area contributed by atoms with Gasteiger partial charge in [0.1, 0.15) is 11.6 Å². The molecule has 0 unspecified atom stereocenters. The van der Waals surface area contributed by atoms with Gasteiger partial charge >= 0.3 is 6.08 Å². The first-order valence-corrected chi connectivity index (χ1v) is 16.7. The fourth-order valence-corrected chi connectivity index (χ4v) is 7.88. The summed E-state index contributed by atoms with van der Waals surface area (Å²) >= 11 is 0. The Balaban J connectivity index is 1.25. The summed E-state index contributed by atoms with van der Waals surface area (Å²) in [5.74, 6) is -1.45. The Morgan fingerprint density at radius 1 is 1.17 bits per heavy atom. The Bertz CT molecular complexity index is 1530. The summed E-state index contributed by atoms with van der Waals surface area (Å²) in [5, 5.41) is -0.540. The lowest BCUT2D eigenvalue weighted by Gasteiger charge is -2.27. The highest BCUT2D eigenvalue weighted by Gasteiger charge is 2.61. The summed E-state index contributed by atoms with van der Waals surface area (Å²) < 4.78 is 39.5. The van der Waals surface area contributed by atoms with Crippen molar-refractivity contribution in [2.45, 2.75) is 95.5 Å². The summed E-state index contributed by atoms with van der Waals surface area (Å²) in [7, 11) is -3.76. The maximum absolute atomic E-state index is 14.0. The SMILES string of the molecule is Cc1cccc2oc(O[C@@H]3C[C@H]4C(=O)C[C@]5(C(=O)NS(=O)(=O)C6CC6)C[C@@H]5/C=C\CCCCC[C@H](C)C(=O)N4C3)nc12. The lowest BCUT2D eigenvalue weighted by atomic mass is 9.91. The number of carbonyl (C=O) groups is 3. The number of Topliss-reactive ketones (excluding diaryl/α,β-unsaturated/α-hetero) is 1. The molecule has 11 heteroatoms. The summed E-state index contributed by atoms with van der Waals surface area (Å²) in [4.78, 5) is 47.2. The molecule has 1 saturated heterocycles. The first kappa shape index (κ1) is 28.9. The highest BCUT2D eigenvalue weighted by Crippen LogP contribution is 2.57. The summed E-state index contributed by atoms with van der Waals surface area (Å²) in [6.07, 6.45) is 9.59. The van der Waals surface area contributed by atoms with E-state index in [2.05, 4.69) is 9.71 Å². The van der Waals surface area contributed by atoms with E-state index in [1.807, 2.05) is 44.2 Å². The molecule has 0 spiro atoms. The fraction of sp³-hybridized carbons (Fsp3) is 0.613. The number of amides is 2. The minimum absolute atomic E-state index is 0.0912. The monoisotopic (exact) mass is 597 g/mol. The zero-order valence-electron chi connectivity index (χ0n) is 24.2. The molecule has 42 heavy (non-hydrogen) atoms. The summed E-state index contributed by atoms with van der Waals surface area (Å²) in [6, 6.07) is 4.84. The number of fused-ring (bicyclic) bond motifs is 3. The van der Waals surface area contributed by atoms with Gasteiger partial charge in [0.25, 0.3) is 0 Å². The molecule has 2 amide bonds. The average molecular weight is 598 g/mol. The summed E-state index contributed by atoms with van der Waals surface area (Å²) in [5.41, 5.74) is 1.11. The van der Waals surface area contributed by atoms with Gasteiger partial charge in [-0.1, -0.05) is 44.1 Å². The number of sulfonamides is 1. The van der Waals surface area contributed by atoms with E-state index in [-0.39, 0.29) is 49.0 Å². The predicted octanol–water partition coefficient (Wildman–Crippen LogP) is 4.21. The van der Waals surface area contributed by atoms with Crippen molar-refractivity contribution in [3.05, 3.63) is 35.9 Å². The number of ether oxygens (including phenoxy) is 1. The minimum atomic E-state index is -3.76. The van der Waals surface area contributed by atoms with Crippen LogP contribution in [0.15, 0.2) is 34.8 Å². The molecular formula is C31H39N3O7S. The lowest BCUT2D eigenvalue weighted by molar-refractivity contribution is -0.141. The largest absolute Gasteiger partial charge is 0.445 e. The van der Waals surface area contributed by atoms with Crippen molar-refractivity contribution in [2.24, 2.45) is 17.3 Å². The van der Waals surface area contributed by atoms with Crippen LogP contribution in [0.3, 0.4) is 0 Å². The number of carbonyl (C=O) groups excluding carboxylic acids is 3. The number of oxazole rings is 1. The molecule has 226 valence electrons. The van der Waals surface area contributed by atoms with Gasteiger partial charge in [0.05, 0.1) is 23.3 Å². The molecule has 1 aromatic heterocycles. The molecule has 0 bridgehead atoms. The molecule has 10 nitrogen and oxygen atoms in total. The van der Waals surface area contributed by atoms with Crippen LogP contribution in [0.25, 0.3) is 11.1 Å². The molecule has 1 aromatic carbocycles. The number of hydrogen-bond donors (Lipinski definition) is 1. The molecule has 5 atom stereocenters. The number of aromatic nitrogens is 1. The van der Waals surface area contributed by atoms with Crippen LogP contribution >= 0.6 is 0 Å². The smallest absolute Gasteiger partial charge is 0.395 e. The number of allylic oxidation sites excluding steroid dienone is 2. The second-order valence-electron chi connectivity index (χ2n) is 12.6. The van der Waals surface area contributed by atoms with Gasteiger partial charge in [0, 0.05) is 18.8 Å². The Labute approximate surface area is 246 Å². The van der Waals surface area contributed by atoms with Crippen LogP contribution in [0.2, 0.25) is 0 Å². The van der Waals surface area contributed by atoms with Crippen LogP contribution in [0.5, 0.6) is 6.08 Å². The number of rotatable bonds is 5. The van der Waals surface area contributed by atoms with Gasteiger partial charge in [-0.15, -0.1) is 0 Å². The van der Waals surface area contributed by atoms with E-state index in [1.54, 1.807) is 4.90 Å². The first-order valence-electron chi connectivity index (χ1n) is 15.2. The van der Waals surface area contributed by atoms with Gasteiger partial charge in [-0.05, 0) is 63.0 Å². The molecule has 1 N–H and O–H groups in total. The quantitative estimate of drug-likeness (QED) is 0.506. The molecule has 4 aliphatic rings. The molecule has 2 aliphatic heterocycles. The Kier molecular flexibility index (Phi) is 7.66. The third-order valence-corrected chi connectivity index (χ3v) is 11.2. The second-order valence-corrected chi connectivity index (χ2v) is 14.6. The maximum atomic E-state index is 14.0. The number of nitrogens with one attached hydrogen (secondary N) is 1. The standard InChI is InChI=1S/C31H39N3O7S/c1-19-10-8-12-26-27(19)32-30(41-26)40-22-15-24-25(35)17-31(29(37)33-42(38,39)23-13-14-23)16-21(31)11-7-5-3-4-6-9-20(2)28(36)34(24)18-22/h7-8,10-12,20-24H,3-6,9,13-18H2,1-2H3,(H,33,37)/b11-7-/t20-,21-,22+,24-,31+/m0/s1. The van der Waals surface area contributed by atoms with E-state index in [0.29, 0.717) is 30.4 Å². The van der Waals surface area contributed by atoms with Crippen molar-refractivity contribution in [1.29, 1.82) is 0 Å². The van der Waals surface area contributed by atoms with Crippen molar-refractivity contribution in [2.75, 3.05) is 6.54 Å². The number of aryl methyl sites for hydroxylation is 1. The van der Waals surface area contributed by atoms with Gasteiger partial charge in [-0.3, -0.25) is 19.1 Å². The zero-order valence-corrected chi connectivity index (χ0v) is 25.0.